The molecule has 0 amide bonds. The molecule has 3 N–H and O–H groups in total. The molecule has 0 atom stereocenters. The molecule has 0 bridgehead atoms. The summed E-state index contributed by atoms with van der Waals surface area (Å²) in [5, 5.41) is 0. The van der Waals surface area contributed by atoms with Gasteiger partial charge in [0.2, 0.25) is 0 Å². The highest BCUT2D eigenvalue weighted by Gasteiger charge is 2.33. The first-order valence-electron chi connectivity index (χ1n) is 5.46. The molecular weight excluding hydrogens is 174 g/mol. The lowest BCUT2D eigenvalue weighted by molar-refractivity contribution is 0.434. The van der Waals surface area contributed by atoms with Gasteiger partial charge in [-0.1, -0.05) is 26.7 Å². The number of nitrogens with zero attached hydrogens (tertiary/aromatic N) is 1. The zero-order valence-corrected chi connectivity index (χ0v) is 9.01. The Morgan fingerprint density at radius 3 is 2.57 bits per heavy atom. The van der Waals surface area contributed by atoms with E-state index in [1.807, 2.05) is 6.20 Å². The highest BCUT2D eigenvalue weighted by Crippen LogP contribution is 2.34. The number of hydrogen-bond donors (Lipinski definition) is 2. The molecule has 14 heavy (non-hydrogen) atoms. The maximum Gasteiger partial charge on any atom is 0.126 e. The lowest BCUT2D eigenvalue weighted by Gasteiger charge is -2.20. The third-order valence-corrected chi connectivity index (χ3v) is 3.18. The molecular formula is C11H19N3. The number of nitrogens with two attached hydrogens (primary N) is 1. The lowest BCUT2D eigenvalue weighted by atomic mass is 9.98. The molecule has 1 aliphatic rings. The Bertz CT molecular complexity index is 308. The standard InChI is InChI=1S/C11H19N3/c1-8(2)9-7-13-10(14-9)11(12)5-3-4-6-11/h7-8H,3-6,12H2,1-2H3,(H,13,14). The van der Waals surface area contributed by atoms with Crippen LogP contribution in [0.5, 0.6) is 0 Å². The van der Waals surface area contributed by atoms with Gasteiger partial charge in [-0.15, -0.1) is 0 Å². The monoisotopic (exact) mass is 193 g/mol. The zero-order valence-electron chi connectivity index (χ0n) is 9.01. The van der Waals surface area contributed by atoms with Gasteiger partial charge in [0.15, 0.2) is 0 Å². The molecule has 1 aliphatic carbocycles. The van der Waals surface area contributed by atoms with E-state index in [1.165, 1.54) is 18.5 Å². The van der Waals surface area contributed by atoms with Crippen LogP contribution in [0.25, 0.3) is 0 Å². The number of H-pyrrole nitrogens is 1. The minimum Gasteiger partial charge on any atom is -0.344 e. The van der Waals surface area contributed by atoms with Crippen molar-refractivity contribution in [2.24, 2.45) is 5.73 Å². The molecule has 0 spiro atoms. The van der Waals surface area contributed by atoms with Crippen LogP contribution >= 0.6 is 0 Å². The fraction of sp³-hybridized carbons (Fsp3) is 0.727. The van der Waals surface area contributed by atoms with E-state index in [1.54, 1.807) is 0 Å². The molecule has 0 aromatic carbocycles. The maximum atomic E-state index is 6.30. The van der Waals surface area contributed by atoms with Crippen molar-refractivity contribution in [3.05, 3.63) is 17.7 Å². The molecule has 0 radical (unpaired) electrons. The minimum atomic E-state index is -0.173. The van der Waals surface area contributed by atoms with E-state index in [9.17, 15) is 0 Å². The third-order valence-electron chi connectivity index (χ3n) is 3.18. The van der Waals surface area contributed by atoms with Gasteiger partial charge in [0.1, 0.15) is 5.82 Å². The summed E-state index contributed by atoms with van der Waals surface area (Å²) in [6, 6.07) is 0. The van der Waals surface area contributed by atoms with Gasteiger partial charge >= 0.3 is 0 Å². The van der Waals surface area contributed by atoms with Crippen LogP contribution in [-0.4, -0.2) is 9.97 Å². The summed E-state index contributed by atoms with van der Waals surface area (Å²) in [6.45, 7) is 4.32. The number of nitrogens with one attached hydrogen (secondary N) is 1. The summed E-state index contributed by atoms with van der Waals surface area (Å²) < 4.78 is 0. The van der Waals surface area contributed by atoms with E-state index in [2.05, 4.69) is 23.8 Å². The minimum absolute atomic E-state index is 0.173. The fourth-order valence-electron chi connectivity index (χ4n) is 2.12. The largest absolute Gasteiger partial charge is 0.344 e. The Labute approximate surface area is 85.1 Å². The molecule has 78 valence electrons. The summed E-state index contributed by atoms with van der Waals surface area (Å²) in [5.41, 5.74) is 7.32. The van der Waals surface area contributed by atoms with Crippen molar-refractivity contribution < 1.29 is 0 Å². The smallest absolute Gasteiger partial charge is 0.126 e. The van der Waals surface area contributed by atoms with E-state index in [-0.39, 0.29) is 5.54 Å². The Balaban J connectivity index is 2.23. The van der Waals surface area contributed by atoms with Crippen molar-refractivity contribution >= 4 is 0 Å². The normalized spacial score (nSPS) is 20.6. The first kappa shape index (κ1) is 9.71. The van der Waals surface area contributed by atoms with Gasteiger partial charge in [0.05, 0.1) is 5.54 Å². The Morgan fingerprint density at radius 2 is 2.07 bits per heavy atom. The first-order valence-corrected chi connectivity index (χ1v) is 5.46. The van der Waals surface area contributed by atoms with Crippen LogP contribution in [0.4, 0.5) is 0 Å². The Hall–Kier alpha value is -0.830. The second-order valence-electron chi connectivity index (χ2n) is 4.71. The van der Waals surface area contributed by atoms with Crippen LogP contribution in [0, 0.1) is 0 Å². The zero-order chi connectivity index (χ0) is 10.2. The lowest BCUT2D eigenvalue weighted by Crippen LogP contribution is -2.34. The molecule has 0 saturated heterocycles. The average molecular weight is 193 g/mol. The predicted molar refractivity (Wildman–Crippen MR) is 57.0 cm³/mol. The summed E-state index contributed by atoms with van der Waals surface area (Å²) in [6.07, 6.45) is 6.52. The van der Waals surface area contributed by atoms with Gasteiger partial charge in [-0.25, -0.2) is 4.98 Å². The van der Waals surface area contributed by atoms with E-state index in [0.29, 0.717) is 5.92 Å². The molecule has 1 heterocycles. The predicted octanol–water partition coefficient (Wildman–Crippen LogP) is 2.26. The van der Waals surface area contributed by atoms with Gasteiger partial charge in [0.25, 0.3) is 0 Å². The molecule has 3 nitrogen and oxygen atoms in total. The number of imidazole rings is 1. The maximum absolute atomic E-state index is 6.30. The Kier molecular flexibility index (Phi) is 2.35. The van der Waals surface area contributed by atoms with Gasteiger partial charge in [-0.3, -0.25) is 0 Å². The third kappa shape index (κ3) is 1.57. The molecule has 2 rings (SSSR count). The second kappa shape index (κ2) is 3.39. The molecule has 1 saturated carbocycles. The summed E-state index contributed by atoms with van der Waals surface area (Å²) in [7, 11) is 0. The van der Waals surface area contributed by atoms with Crippen LogP contribution in [0.3, 0.4) is 0 Å². The van der Waals surface area contributed by atoms with Crippen LogP contribution in [-0.2, 0) is 5.54 Å². The SMILES string of the molecule is CC(C)c1cnc(C2(N)CCCC2)[nH]1. The quantitative estimate of drug-likeness (QED) is 0.757. The van der Waals surface area contributed by atoms with E-state index in [4.69, 9.17) is 5.73 Å². The van der Waals surface area contributed by atoms with Gasteiger partial charge in [-0.2, -0.15) is 0 Å². The average Bonchev–Trinajstić information content (AvgIpc) is 2.71. The number of hydrogen-bond acceptors (Lipinski definition) is 2. The highest BCUT2D eigenvalue weighted by atomic mass is 15.0. The molecule has 0 aliphatic heterocycles. The molecule has 3 heteroatoms. The summed E-state index contributed by atoms with van der Waals surface area (Å²) >= 11 is 0. The molecule has 1 aromatic heterocycles. The summed E-state index contributed by atoms with van der Waals surface area (Å²) in [5.74, 6) is 1.49. The molecule has 0 unspecified atom stereocenters. The molecule has 1 fully saturated rings. The van der Waals surface area contributed by atoms with Crippen LogP contribution in [0.15, 0.2) is 6.20 Å². The number of aromatic nitrogens is 2. The number of aromatic amines is 1. The van der Waals surface area contributed by atoms with Crippen LogP contribution in [0.1, 0.15) is 57.0 Å². The van der Waals surface area contributed by atoms with Crippen molar-refractivity contribution in [3.63, 3.8) is 0 Å². The number of rotatable bonds is 2. The van der Waals surface area contributed by atoms with E-state index in [0.717, 1.165) is 18.7 Å². The van der Waals surface area contributed by atoms with Crippen molar-refractivity contribution in [1.82, 2.24) is 9.97 Å². The van der Waals surface area contributed by atoms with Crippen LogP contribution in [0.2, 0.25) is 0 Å². The van der Waals surface area contributed by atoms with Crippen LogP contribution < -0.4 is 5.73 Å². The van der Waals surface area contributed by atoms with E-state index >= 15 is 0 Å². The van der Waals surface area contributed by atoms with Crippen molar-refractivity contribution in [2.75, 3.05) is 0 Å². The van der Waals surface area contributed by atoms with Gasteiger partial charge in [0, 0.05) is 11.9 Å². The Morgan fingerprint density at radius 1 is 1.43 bits per heavy atom. The highest BCUT2D eigenvalue weighted by molar-refractivity contribution is 5.14. The topological polar surface area (TPSA) is 54.7 Å². The molecule has 1 aromatic rings. The fourth-order valence-corrected chi connectivity index (χ4v) is 2.12. The van der Waals surface area contributed by atoms with Gasteiger partial charge < -0.3 is 10.7 Å². The summed E-state index contributed by atoms with van der Waals surface area (Å²) in [4.78, 5) is 7.77. The second-order valence-corrected chi connectivity index (χ2v) is 4.71. The van der Waals surface area contributed by atoms with Crippen molar-refractivity contribution in [2.45, 2.75) is 51.0 Å². The van der Waals surface area contributed by atoms with Crippen molar-refractivity contribution in [1.29, 1.82) is 0 Å². The first-order chi connectivity index (χ1) is 6.62. The van der Waals surface area contributed by atoms with Gasteiger partial charge in [-0.05, 0) is 18.8 Å². The van der Waals surface area contributed by atoms with Crippen molar-refractivity contribution in [3.8, 4) is 0 Å². The van der Waals surface area contributed by atoms with E-state index < -0.39 is 0 Å².